The van der Waals surface area contributed by atoms with Gasteiger partial charge < -0.3 is 15.2 Å². The zero-order valence-electron chi connectivity index (χ0n) is 11.4. The Morgan fingerprint density at radius 1 is 1.05 bits per heavy atom. The van der Waals surface area contributed by atoms with Crippen molar-refractivity contribution in [1.29, 1.82) is 0 Å². The lowest BCUT2D eigenvalue weighted by Crippen LogP contribution is -2.01. The van der Waals surface area contributed by atoms with E-state index in [4.69, 9.17) is 26.8 Å². The Hall–Kier alpha value is -1.55. The van der Waals surface area contributed by atoms with Gasteiger partial charge in [0.15, 0.2) is 0 Å². The Balaban J connectivity index is 1.96. The number of halogens is 1. The first-order valence-corrected chi connectivity index (χ1v) is 6.79. The Kier molecular flexibility index (Phi) is 5.41. The fourth-order valence-electron chi connectivity index (χ4n) is 1.94. The van der Waals surface area contributed by atoms with E-state index in [1.807, 2.05) is 42.5 Å². The molecule has 0 aliphatic carbocycles. The molecule has 0 atom stereocenters. The standard InChI is InChI=1S/C16H18ClNO2/c1-19-16-8-12(6-7-13(16)9-18)10-20-11-14-4-2-3-5-15(14)17/h2-8H,9-11,18H2,1H3. The molecule has 3 nitrogen and oxygen atoms in total. The summed E-state index contributed by atoms with van der Waals surface area (Å²) in [5.41, 5.74) is 8.66. The van der Waals surface area contributed by atoms with E-state index in [2.05, 4.69) is 0 Å². The number of hydrogen-bond donors (Lipinski definition) is 1. The molecule has 0 amide bonds. The van der Waals surface area contributed by atoms with Gasteiger partial charge in [-0.05, 0) is 23.3 Å². The molecule has 2 N–H and O–H groups in total. The number of methoxy groups -OCH3 is 1. The highest BCUT2D eigenvalue weighted by molar-refractivity contribution is 6.31. The third-order valence-corrected chi connectivity index (χ3v) is 3.42. The van der Waals surface area contributed by atoms with Crippen molar-refractivity contribution < 1.29 is 9.47 Å². The van der Waals surface area contributed by atoms with E-state index >= 15 is 0 Å². The fraction of sp³-hybridized carbons (Fsp3) is 0.250. The van der Waals surface area contributed by atoms with E-state index in [0.29, 0.717) is 19.8 Å². The van der Waals surface area contributed by atoms with Crippen molar-refractivity contribution in [2.75, 3.05) is 7.11 Å². The first-order chi connectivity index (χ1) is 9.74. The molecule has 0 fully saturated rings. The second-order valence-electron chi connectivity index (χ2n) is 4.43. The van der Waals surface area contributed by atoms with Crippen LogP contribution in [0, 0.1) is 0 Å². The molecule has 0 bridgehead atoms. The number of ether oxygens (including phenoxy) is 2. The van der Waals surface area contributed by atoms with E-state index in [9.17, 15) is 0 Å². The highest BCUT2D eigenvalue weighted by Crippen LogP contribution is 2.21. The Morgan fingerprint density at radius 3 is 2.55 bits per heavy atom. The van der Waals surface area contributed by atoms with Gasteiger partial charge in [-0.15, -0.1) is 0 Å². The average molecular weight is 292 g/mol. The first-order valence-electron chi connectivity index (χ1n) is 6.41. The van der Waals surface area contributed by atoms with Crippen LogP contribution >= 0.6 is 11.6 Å². The van der Waals surface area contributed by atoms with Crippen LogP contribution in [0.2, 0.25) is 5.02 Å². The summed E-state index contributed by atoms with van der Waals surface area (Å²) in [6.07, 6.45) is 0. The zero-order valence-corrected chi connectivity index (χ0v) is 12.2. The van der Waals surface area contributed by atoms with Crippen molar-refractivity contribution in [3.05, 3.63) is 64.2 Å². The summed E-state index contributed by atoms with van der Waals surface area (Å²) < 4.78 is 11.0. The van der Waals surface area contributed by atoms with Gasteiger partial charge in [0.2, 0.25) is 0 Å². The summed E-state index contributed by atoms with van der Waals surface area (Å²) in [6.45, 7) is 1.46. The van der Waals surface area contributed by atoms with Crippen LogP contribution in [0.5, 0.6) is 5.75 Å². The monoisotopic (exact) mass is 291 g/mol. The molecule has 0 saturated carbocycles. The van der Waals surface area contributed by atoms with Crippen LogP contribution in [0.15, 0.2) is 42.5 Å². The van der Waals surface area contributed by atoms with Crippen LogP contribution in [0.25, 0.3) is 0 Å². The maximum atomic E-state index is 6.08. The summed E-state index contributed by atoms with van der Waals surface area (Å²) in [6, 6.07) is 13.6. The van der Waals surface area contributed by atoms with E-state index < -0.39 is 0 Å². The summed E-state index contributed by atoms with van der Waals surface area (Å²) in [5, 5.41) is 0.726. The molecule has 2 rings (SSSR count). The average Bonchev–Trinajstić information content (AvgIpc) is 2.49. The maximum Gasteiger partial charge on any atom is 0.123 e. The smallest absolute Gasteiger partial charge is 0.123 e. The van der Waals surface area contributed by atoms with E-state index in [1.165, 1.54) is 0 Å². The predicted molar refractivity (Wildman–Crippen MR) is 80.8 cm³/mol. The minimum atomic E-state index is 0.462. The molecule has 0 aliphatic rings. The molecule has 0 saturated heterocycles. The SMILES string of the molecule is COc1cc(COCc2ccccc2Cl)ccc1CN. The van der Waals surface area contributed by atoms with Gasteiger partial charge in [-0.25, -0.2) is 0 Å². The van der Waals surface area contributed by atoms with Crippen LogP contribution in [0.1, 0.15) is 16.7 Å². The minimum absolute atomic E-state index is 0.462. The van der Waals surface area contributed by atoms with Crippen LogP contribution in [-0.4, -0.2) is 7.11 Å². The van der Waals surface area contributed by atoms with Gasteiger partial charge in [0.1, 0.15) is 5.75 Å². The van der Waals surface area contributed by atoms with Crippen LogP contribution in [0.3, 0.4) is 0 Å². The number of nitrogens with two attached hydrogens (primary N) is 1. The van der Waals surface area contributed by atoms with E-state index in [-0.39, 0.29) is 0 Å². The lowest BCUT2D eigenvalue weighted by molar-refractivity contribution is 0.107. The highest BCUT2D eigenvalue weighted by Gasteiger charge is 2.04. The third-order valence-electron chi connectivity index (χ3n) is 3.06. The molecule has 2 aromatic rings. The van der Waals surface area contributed by atoms with Crippen molar-refractivity contribution in [2.45, 2.75) is 19.8 Å². The highest BCUT2D eigenvalue weighted by atomic mass is 35.5. The summed E-state index contributed by atoms with van der Waals surface area (Å²) >= 11 is 6.08. The molecule has 2 aromatic carbocycles. The third kappa shape index (κ3) is 3.73. The van der Waals surface area contributed by atoms with Crippen molar-refractivity contribution >= 4 is 11.6 Å². The van der Waals surface area contributed by atoms with Crippen molar-refractivity contribution in [3.8, 4) is 5.75 Å². The molecule has 106 valence electrons. The topological polar surface area (TPSA) is 44.5 Å². The van der Waals surface area contributed by atoms with Gasteiger partial charge in [-0.1, -0.05) is 41.9 Å². The van der Waals surface area contributed by atoms with Crippen LogP contribution in [0.4, 0.5) is 0 Å². The first kappa shape index (κ1) is 14.9. The second-order valence-corrected chi connectivity index (χ2v) is 4.84. The van der Waals surface area contributed by atoms with Crippen molar-refractivity contribution in [3.63, 3.8) is 0 Å². The quantitative estimate of drug-likeness (QED) is 0.885. The molecule has 20 heavy (non-hydrogen) atoms. The molecule has 0 radical (unpaired) electrons. The Morgan fingerprint density at radius 2 is 1.85 bits per heavy atom. The largest absolute Gasteiger partial charge is 0.496 e. The molecular formula is C16H18ClNO2. The number of rotatable bonds is 6. The van der Waals surface area contributed by atoms with Gasteiger partial charge in [0.25, 0.3) is 0 Å². The fourth-order valence-corrected chi connectivity index (χ4v) is 2.13. The van der Waals surface area contributed by atoms with Crippen LogP contribution < -0.4 is 10.5 Å². The second kappa shape index (κ2) is 7.29. The molecule has 0 heterocycles. The van der Waals surface area contributed by atoms with Gasteiger partial charge >= 0.3 is 0 Å². The molecule has 4 heteroatoms. The van der Waals surface area contributed by atoms with E-state index in [0.717, 1.165) is 27.5 Å². The Bertz CT molecular complexity index is 572. The molecule has 0 unspecified atom stereocenters. The van der Waals surface area contributed by atoms with Crippen molar-refractivity contribution in [2.24, 2.45) is 5.73 Å². The molecule has 0 spiro atoms. The normalized spacial score (nSPS) is 10.6. The number of hydrogen-bond acceptors (Lipinski definition) is 3. The predicted octanol–water partition coefficient (Wildman–Crippen LogP) is 3.52. The molecule has 0 aliphatic heterocycles. The molecule has 0 aromatic heterocycles. The molecular weight excluding hydrogens is 274 g/mol. The van der Waals surface area contributed by atoms with Gasteiger partial charge in [-0.3, -0.25) is 0 Å². The summed E-state index contributed by atoms with van der Waals surface area (Å²) in [7, 11) is 1.64. The lowest BCUT2D eigenvalue weighted by atomic mass is 10.1. The maximum absolute atomic E-state index is 6.08. The van der Waals surface area contributed by atoms with Crippen LogP contribution in [-0.2, 0) is 24.5 Å². The minimum Gasteiger partial charge on any atom is -0.496 e. The van der Waals surface area contributed by atoms with Crippen molar-refractivity contribution in [1.82, 2.24) is 0 Å². The lowest BCUT2D eigenvalue weighted by Gasteiger charge is -2.10. The van der Waals surface area contributed by atoms with E-state index in [1.54, 1.807) is 7.11 Å². The summed E-state index contributed by atoms with van der Waals surface area (Å²) in [5.74, 6) is 0.798. The van der Waals surface area contributed by atoms with Gasteiger partial charge in [0.05, 0.1) is 20.3 Å². The van der Waals surface area contributed by atoms with Gasteiger partial charge in [0, 0.05) is 17.1 Å². The Labute approximate surface area is 124 Å². The zero-order chi connectivity index (χ0) is 14.4. The van der Waals surface area contributed by atoms with Gasteiger partial charge in [-0.2, -0.15) is 0 Å². The number of benzene rings is 2. The summed E-state index contributed by atoms with van der Waals surface area (Å²) in [4.78, 5) is 0.